The van der Waals surface area contributed by atoms with E-state index in [0.29, 0.717) is 17.2 Å². The molecule has 2 aromatic carbocycles. The molecule has 0 atom stereocenters. The molecule has 0 bridgehead atoms. The van der Waals surface area contributed by atoms with Crippen LogP contribution in [-0.2, 0) is 9.59 Å². The lowest BCUT2D eigenvalue weighted by Gasteiger charge is -2.31. The van der Waals surface area contributed by atoms with Crippen LogP contribution in [0.1, 0.15) is 6.42 Å². The van der Waals surface area contributed by atoms with Crippen molar-refractivity contribution in [3.05, 3.63) is 59.6 Å². The van der Waals surface area contributed by atoms with Gasteiger partial charge in [-0.3, -0.25) is 0 Å². The smallest absolute Gasteiger partial charge is 0.328 e. The van der Waals surface area contributed by atoms with E-state index in [4.69, 9.17) is 31.3 Å². The van der Waals surface area contributed by atoms with Crippen LogP contribution in [0.2, 0.25) is 5.02 Å². The molecule has 1 heterocycles. The number of aliphatic carboxylic acids is 2. The van der Waals surface area contributed by atoms with Crippen molar-refractivity contribution in [2.45, 2.75) is 6.42 Å². The Bertz CT molecular complexity index is 887. The van der Waals surface area contributed by atoms with Gasteiger partial charge in [-0.2, -0.15) is 0 Å². The number of halogens is 1. The first kappa shape index (κ1) is 23.1. The number of rotatable bonds is 6. The molecule has 3 rings (SSSR count). The summed E-state index contributed by atoms with van der Waals surface area (Å²) in [6, 6.07) is 13.7. The van der Waals surface area contributed by atoms with Crippen LogP contribution in [0.4, 0.5) is 11.4 Å². The fourth-order valence-corrected chi connectivity index (χ4v) is 2.88. The molecule has 0 fully saturated rings. The van der Waals surface area contributed by atoms with Crippen molar-refractivity contribution < 1.29 is 29.3 Å². The number of nitrogens with one attached hydrogen (secondary N) is 1. The summed E-state index contributed by atoms with van der Waals surface area (Å²) in [5.74, 6) is -0.916. The number of carboxylic acid groups (broad SMARTS) is 2. The number of para-hydroxylation sites is 2. The van der Waals surface area contributed by atoms with Gasteiger partial charge in [0, 0.05) is 23.7 Å². The van der Waals surface area contributed by atoms with Crippen LogP contribution < -0.4 is 19.7 Å². The average molecular weight is 435 g/mol. The molecule has 8 nitrogen and oxygen atoms in total. The molecule has 2 aromatic rings. The quantitative estimate of drug-likeness (QED) is 0.468. The predicted octanol–water partition coefficient (Wildman–Crippen LogP) is 3.53. The largest absolute Gasteiger partial charge is 0.478 e. The van der Waals surface area contributed by atoms with Crippen molar-refractivity contribution in [2.75, 3.05) is 31.8 Å². The molecule has 1 aliphatic rings. The van der Waals surface area contributed by atoms with Gasteiger partial charge in [0.15, 0.2) is 0 Å². The van der Waals surface area contributed by atoms with Crippen molar-refractivity contribution in [1.29, 1.82) is 0 Å². The zero-order chi connectivity index (χ0) is 21.9. The van der Waals surface area contributed by atoms with Crippen molar-refractivity contribution >= 4 is 34.9 Å². The zero-order valence-corrected chi connectivity index (χ0v) is 17.1. The van der Waals surface area contributed by atoms with Crippen molar-refractivity contribution in [3.63, 3.8) is 0 Å². The topological polar surface area (TPSA) is 108 Å². The standard InChI is InChI=1S/C17H19ClN2O2.C4H4O4/c1-19-9-4-10-20-14-5-2-3-6-16(14)21-12-22-17-8-7-13(18)11-15(17)20;5-3(6)1-2-4(7)8/h2-3,5-8,11,19H,4,9-10,12H2,1H3;1-2H,(H,5,6)(H,7,8). The first-order valence-electron chi connectivity index (χ1n) is 9.12. The lowest BCUT2D eigenvalue weighted by atomic mass is 10.2. The second-order valence-electron chi connectivity index (χ2n) is 6.10. The number of benzene rings is 2. The molecule has 30 heavy (non-hydrogen) atoms. The van der Waals surface area contributed by atoms with E-state index >= 15 is 0 Å². The van der Waals surface area contributed by atoms with Gasteiger partial charge in [-0.1, -0.05) is 23.7 Å². The van der Waals surface area contributed by atoms with Crippen LogP contribution in [0.5, 0.6) is 11.5 Å². The number of fused-ring (bicyclic) bond motifs is 2. The summed E-state index contributed by atoms with van der Waals surface area (Å²) in [6.45, 7) is 1.98. The molecular formula is C21H23ClN2O6. The Morgan fingerprint density at radius 1 is 1.07 bits per heavy atom. The third-order valence-electron chi connectivity index (χ3n) is 3.97. The van der Waals surface area contributed by atoms with Gasteiger partial charge < -0.3 is 29.9 Å². The first-order valence-corrected chi connectivity index (χ1v) is 9.50. The molecule has 160 valence electrons. The Hall–Kier alpha value is -3.23. The Kier molecular flexibility index (Phi) is 8.99. The lowest BCUT2D eigenvalue weighted by Crippen LogP contribution is -2.25. The molecule has 3 N–H and O–H groups in total. The van der Waals surface area contributed by atoms with Gasteiger partial charge in [0.05, 0.1) is 11.4 Å². The summed E-state index contributed by atoms with van der Waals surface area (Å²) in [4.78, 5) is 21.3. The highest BCUT2D eigenvalue weighted by atomic mass is 35.5. The maximum absolute atomic E-state index is 9.55. The van der Waals surface area contributed by atoms with Crippen molar-refractivity contribution in [1.82, 2.24) is 5.32 Å². The van der Waals surface area contributed by atoms with Gasteiger partial charge in [0.2, 0.25) is 6.79 Å². The maximum Gasteiger partial charge on any atom is 0.328 e. The van der Waals surface area contributed by atoms with E-state index in [2.05, 4.69) is 16.3 Å². The molecule has 1 aliphatic heterocycles. The van der Waals surface area contributed by atoms with E-state index < -0.39 is 11.9 Å². The van der Waals surface area contributed by atoms with Gasteiger partial charge in [0.1, 0.15) is 11.5 Å². The normalized spacial score (nSPS) is 12.3. The average Bonchev–Trinajstić information content (AvgIpc) is 2.71. The third-order valence-corrected chi connectivity index (χ3v) is 4.21. The Morgan fingerprint density at radius 3 is 2.33 bits per heavy atom. The van der Waals surface area contributed by atoms with Gasteiger partial charge in [-0.15, -0.1) is 0 Å². The Morgan fingerprint density at radius 2 is 1.70 bits per heavy atom. The van der Waals surface area contributed by atoms with E-state index in [-0.39, 0.29) is 6.79 Å². The van der Waals surface area contributed by atoms with E-state index in [0.717, 1.165) is 42.4 Å². The van der Waals surface area contributed by atoms with Crippen LogP contribution in [0.15, 0.2) is 54.6 Å². The van der Waals surface area contributed by atoms with E-state index in [1.54, 1.807) is 0 Å². The number of hydrogen-bond acceptors (Lipinski definition) is 6. The summed E-state index contributed by atoms with van der Waals surface area (Å²) in [5, 5.41) is 19.5. The second kappa shape index (κ2) is 11.7. The first-order chi connectivity index (χ1) is 14.4. The lowest BCUT2D eigenvalue weighted by molar-refractivity contribution is -0.134. The third kappa shape index (κ3) is 6.98. The van der Waals surface area contributed by atoms with E-state index in [9.17, 15) is 9.59 Å². The summed E-state index contributed by atoms with van der Waals surface area (Å²) < 4.78 is 11.5. The predicted molar refractivity (Wildman–Crippen MR) is 114 cm³/mol. The minimum absolute atomic E-state index is 0.190. The molecule has 0 aromatic heterocycles. The number of carboxylic acids is 2. The van der Waals surface area contributed by atoms with Crippen LogP contribution in [-0.4, -0.2) is 49.1 Å². The maximum atomic E-state index is 9.55. The number of ether oxygens (including phenoxy) is 2. The van der Waals surface area contributed by atoms with Gasteiger partial charge in [-0.25, -0.2) is 9.59 Å². The molecule has 9 heteroatoms. The monoisotopic (exact) mass is 434 g/mol. The van der Waals surface area contributed by atoms with Crippen LogP contribution in [0, 0.1) is 0 Å². The Balaban J connectivity index is 0.000000343. The van der Waals surface area contributed by atoms with E-state index in [1.165, 1.54) is 0 Å². The van der Waals surface area contributed by atoms with Gasteiger partial charge >= 0.3 is 11.9 Å². The summed E-state index contributed by atoms with van der Waals surface area (Å²) in [6.07, 6.45) is 2.11. The number of nitrogens with zero attached hydrogens (tertiary/aromatic N) is 1. The van der Waals surface area contributed by atoms with Crippen molar-refractivity contribution in [3.8, 4) is 11.5 Å². The molecule has 0 saturated carbocycles. The van der Waals surface area contributed by atoms with Crippen molar-refractivity contribution in [2.24, 2.45) is 0 Å². The number of anilines is 2. The molecule has 0 aliphatic carbocycles. The van der Waals surface area contributed by atoms with Gasteiger partial charge in [0.25, 0.3) is 0 Å². The van der Waals surface area contributed by atoms with Crippen LogP contribution >= 0.6 is 11.6 Å². The zero-order valence-electron chi connectivity index (χ0n) is 16.4. The summed E-state index contributed by atoms with van der Waals surface area (Å²) >= 11 is 6.20. The minimum Gasteiger partial charge on any atom is -0.478 e. The van der Waals surface area contributed by atoms with E-state index in [1.807, 2.05) is 43.4 Å². The Labute approximate surface area is 179 Å². The molecule has 0 unspecified atom stereocenters. The number of carbonyl (C=O) groups is 2. The SMILES string of the molecule is CNCCCN1c2ccccc2OCOc2ccc(Cl)cc21.O=C(O)C=CC(=O)O. The molecule has 0 spiro atoms. The minimum atomic E-state index is -1.26. The molecule has 0 saturated heterocycles. The van der Waals surface area contributed by atoms with Gasteiger partial charge in [-0.05, 0) is 50.3 Å². The van der Waals surface area contributed by atoms with Crippen LogP contribution in [0.3, 0.4) is 0 Å². The molecule has 0 amide bonds. The highest BCUT2D eigenvalue weighted by molar-refractivity contribution is 6.31. The highest BCUT2D eigenvalue weighted by Gasteiger charge is 2.20. The highest BCUT2D eigenvalue weighted by Crippen LogP contribution is 2.41. The fourth-order valence-electron chi connectivity index (χ4n) is 2.71. The fraction of sp³-hybridized carbons (Fsp3) is 0.238. The summed E-state index contributed by atoms with van der Waals surface area (Å²) in [5.41, 5.74) is 2.00. The van der Waals surface area contributed by atoms with Crippen LogP contribution in [0.25, 0.3) is 0 Å². The molecular weight excluding hydrogens is 412 g/mol. The second-order valence-corrected chi connectivity index (χ2v) is 6.54. The summed E-state index contributed by atoms with van der Waals surface area (Å²) in [7, 11) is 1.96. The molecule has 0 radical (unpaired) electrons. The number of hydrogen-bond donors (Lipinski definition) is 3.